The summed E-state index contributed by atoms with van der Waals surface area (Å²) in [6.07, 6.45) is 1.41. The predicted octanol–water partition coefficient (Wildman–Crippen LogP) is 3.55. The Morgan fingerprint density at radius 1 is 1.00 bits per heavy atom. The van der Waals surface area contributed by atoms with E-state index in [9.17, 15) is 9.59 Å². The van der Waals surface area contributed by atoms with Crippen molar-refractivity contribution in [2.45, 2.75) is 65.2 Å². The summed E-state index contributed by atoms with van der Waals surface area (Å²) < 4.78 is 10.6. The van der Waals surface area contributed by atoms with Crippen molar-refractivity contribution in [3.05, 3.63) is 35.9 Å². The lowest BCUT2D eigenvalue weighted by Gasteiger charge is -2.23. The second-order valence-electron chi connectivity index (χ2n) is 7.53. The van der Waals surface area contributed by atoms with Gasteiger partial charge in [-0.05, 0) is 47.1 Å². The van der Waals surface area contributed by atoms with Crippen LogP contribution in [0.3, 0.4) is 0 Å². The molecule has 1 atom stereocenters. The maximum absolute atomic E-state index is 12.3. The molecule has 24 heavy (non-hydrogen) atoms. The van der Waals surface area contributed by atoms with Gasteiger partial charge >= 0.3 is 11.9 Å². The first-order valence-corrected chi connectivity index (χ1v) is 7.99. The topological polar surface area (TPSA) is 65.0 Å². The van der Waals surface area contributed by atoms with E-state index < -0.39 is 29.2 Å². The van der Waals surface area contributed by atoms with Gasteiger partial charge in [-0.1, -0.05) is 30.3 Å². The number of nitrogens with zero attached hydrogens (tertiary/aromatic N) is 1. The van der Waals surface area contributed by atoms with Crippen molar-refractivity contribution in [3.8, 4) is 0 Å². The maximum atomic E-state index is 12.3. The zero-order chi connectivity index (χ0) is 18.4. The monoisotopic (exact) mass is 333 g/mol. The number of benzene rings is 1. The van der Waals surface area contributed by atoms with Crippen LogP contribution in [-0.4, -0.2) is 35.4 Å². The van der Waals surface area contributed by atoms with Crippen LogP contribution in [0.5, 0.6) is 0 Å². The molecule has 0 unspecified atom stereocenters. The molecule has 132 valence electrons. The molecule has 1 aromatic carbocycles. The largest absolute Gasteiger partial charge is 0.460 e. The number of rotatable bonds is 5. The Kier molecular flexibility index (Phi) is 6.70. The molecule has 0 bridgehead atoms. The lowest BCUT2D eigenvalue weighted by Crippen LogP contribution is -2.34. The SMILES string of the molecule is CC(C)(C)OC(=O)C[C@@H](N=Cc1ccccc1)C(=O)OC(C)(C)C. The van der Waals surface area contributed by atoms with Crippen LogP contribution in [0.15, 0.2) is 35.3 Å². The first-order valence-electron chi connectivity index (χ1n) is 7.99. The van der Waals surface area contributed by atoms with E-state index >= 15 is 0 Å². The van der Waals surface area contributed by atoms with E-state index in [0.29, 0.717) is 0 Å². The highest BCUT2D eigenvalue weighted by Gasteiger charge is 2.28. The van der Waals surface area contributed by atoms with E-state index in [-0.39, 0.29) is 6.42 Å². The molecule has 0 saturated carbocycles. The molecule has 5 heteroatoms. The quantitative estimate of drug-likeness (QED) is 0.610. The zero-order valence-corrected chi connectivity index (χ0v) is 15.3. The Hall–Kier alpha value is -2.17. The molecule has 0 fully saturated rings. The van der Waals surface area contributed by atoms with E-state index in [0.717, 1.165) is 5.56 Å². The fourth-order valence-electron chi connectivity index (χ4n) is 1.82. The van der Waals surface area contributed by atoms with E-state index in [1.807, 2.05) is 30.3 Å². The Balaban J connectivity index is 2.88. The molecule has 0 N–H and O–H groups in total. The van der Waals surface area contributed by atoms with Gasteiger partial charge in [-0.25, -0.2) is 4.79 Å². The number of aliphatic imine (C=N–C) groups is 1. The van der Waals surface area contributed by atoms with Crippen molar-refractivity contribution < 1.29 is 19.1 Å². The number of hydrogen-bond acceptors (Lipinski definition) is 5. The molecule has 0 saturated heterocycles. The van der Waals surface area contributed by atoms with Gasteiger partial charge in [0.15, 0.2) is 6.04 Å². The minimum Gasteiger partial charge on any atom is -0.460 e. The van der Waals surface area contributed by atoms with Crippen molar-refractivity contribution in [1.29, 1.82) is 0 Å². The van der Waals surface area contributed by atoms with Crippen molar-refractivity contribution in [1.82, 2.24) is 0 Å². The normalized spacial score (nSPS) is 13.6. The minimum absolute atomic E-state index is 0.157. The molecule has 1 aromatic rings. The number of esters is 2. The van der Waals surface area contributed by atoms with Crippen LogP contribution < -0.4 is 0 Å². The molecular weight excluding hydrogens is 306 g/mol. The van der Waals surface area contributed by atoms with Crippen LogP contribution >= 0.6 is 0 Å². The highest BCUT2D eigenvalue weighted by atomic mass is 16.6. The molecule has 0 amide bonds. The molecule has 0 radical (unpaired) electrons. The molecule has 0 aliphatic carbocycles. The van der Waals surface area contributed by atoms with Gasteiger partial charge in [-0.2, -0.15) is 0 Å². The summed E-state index contributed by atoms with van der Waals surface area (Å²) >= 11 is 0. The average Bonchev–Trinajstić information content (AvgIpc) is 2.40. The fraction of sp³-hybridized carbons (Fsp3) is 0.526. The summed E-state index contributed by atoms with van der Waals surface area (Å²) in [5.41, 5.74) is -0.417. The van der Waals surface area contributed by atoms with E-state index in [4.69, 9.17) is 9.47 Å². The molecule has 5 nitrogen and oxygen atoms in total. The maximum Gasteiger partial charge on any atom is 0.331 e. The van der Waals surface area contributed by atoms with E-state index in [1.54, 1.807) is 47.8 Å². The second-order valence-corrected chi connectivity index (χ2v) is 7.53. The second kappa shape index (κ2) is 8.08. The molecule has 0 aromatic heterocycles. The zero-order valence-electron chi connectivity index (χ0n) is 15.3. The third-order valence-electron chi connectivity index (χ3n) is 2.66. The Labute approximate surface area is 144 Å². The highest BCUT2D eigenvalue weighted by Crippen LogP contribution is 2.15. The summed E-state index contributed by atoms with van der Waals surface area (Å²) in [5, 5.41) is 0. The van der Waals surface area contributed by atoms with Crippen LogP contribution in [0.1, 0.15) is 53.5 Å². The summed E-state index contributed by atoms with van der Waals surface area (Å²) in [4.78, 5) is 28.6. The standard InChI is InChI=1S/C19H27NO4/c1-18(2,3)23-16(21)12-15(17(22)24-19(4,5)6)20-13-14-10-8-7-9-11-14/h7-11,13,15H,12H2,1-6H3/t15-/m1/s1. The summed E-state index contributed by atoms with van der Waals surface area (Å²) in [6.45, 7) is 10.7. The smallest absolute Gasteiger partial charge is 0.331 e. The first kappa shape index (κ1) is 19.9. The molecule has 0 heterocycles. The van der Waals surface area contributed by atoms with Gasteiger partial charge in [-0.3, -0.25) is 9.79 Å². The molecule has 0 aliphatic heterocycles. The molecular formula is C19H27NO4. The minimum atomic E-state index is -0.931. The summed E-state index contributed by atoms with van der Waals surface area (Å²) in [5.74, 6) is -1.02. The van der Waals surface area contributed by atoms with E-state index in [2.05, 4.69) is 4.99 Å². The van der Waals surface area contributed by atoms with Gasteiger partial charge in [0.25, 0.3) is 0 Å². The number of carbonyl (C=O) groups excluding carboxylic acids is 2. The lowest BCUT2D eigenvalue weighted by atomic mass is 10.1. The highest BCUT2D eigenvalue weighted by molar-refractivity contribution is 5.87. The van der Waals surface area contributed by atoms with Gasteiger partial charge in [0.05, 0.1) is 6.42 Å². The summed E-state index contributed by atoms with van der Waals surface area (Å²) in [6, 6.07) is 8.43. The Morgan fingerprint density at radius 2 is 1.54 bits per heavy atom. The van der Waals surface area contributed by atoms with Gasteiger partial charge in [-0.15, -0.1) is 0 Å². The fourth-order valence-corrected chi connectivity index (χ4v) is 1.82. The Morgan fingerprint density at radius 3 is 2.04 bits per heavy atom. The van der Waals surface area contributed by atoms with Gasteiger partial charge in [0, 0.05) is 6.21 Å². The van der Waals surface area contributed by atoms with Gasteiger partial charge in [0.1, 0.15) is 11.2 Å². The van der Waals surface area contributed by atoms with Gasteiger partial charge in [0.2, 0.25) is 0 Å². The number of hydrogen-bond donors (Lipinski definition) is 0. The third kappa shape index (κ3) is 8.46. The third-order valence-corrected chi connectivity index (χ3v) is 2.66. The molecule has 0 aliphatic rings. The first-order chi connectivity index (χ1) is 11.0. The van der Waals surface area contributed by atoms with Crippen LogP contribution in [0, 0.1) is 0 Å². The number of carbonyl (C=O) groups is 2. The molecule has 1 rings (SSSR count). The predicted molar refractivity (Wildman–Crippen MR) is 94.1 cm³/mol. The van der Waals surface area contributed by atoms with Crippen molar-refractivity contribution in [2.75, 3.05) is 0 Å². The van der Waals surface area contributed by atoms with Crippen molar-refractivity contribution >= 4 is 18.2 Å². The van der Waals surface area contributed by atoms with Crippen molar-refractivity contribution in [2.24, 2.45) is 4.99 Å². The van der Waals surface area contributed by atoms with Crippen molar-refractivity contribution in [3.63, 3.8) is 0 Å². The van der Waals surface area contributed by atoms with Crippen LogP contribution in [-0.2, 0) is 19.1 Å². The average molecular weight is 333 g/mol. The molecule has 0 spiro atoms. The van der Waals surface area contributed by atoms with Crippen LogP contribution in [0.25, 0.3) is 0 Å². The lowest BCUT2D eigenvalue weighted by molar-refractivity contribution is -0.163. The van der Waals surface area contributed by atoms with Crippen LogP contribution in [0.4, 0.5) is 0 Å². The Bertz CT molecular complexity index is 580. The van der Waals surface area contributed by atoms with E-state index in [1.165, 1.54) is 0 Å². The number of ether oxygens (including phenoxy) is 2. The van der Waals surface area contributed by atoms with Crippen LogP contribution in [0.2, 0.25) is 0 Å². The van der Waals surface area contributed by atoms with Gasteiger partial charge < -0.3 is 9.47 Å². The summed E-state index contributed by atoms with van der Waals surface area (Å²) in [7, 11) is 0.